The predicted octanol–water partition coefficient (Wildman–Crippen LogP) is 5.93. The standard InChI is InChI=1S/C27H20N2O3/c30-27(26-16-20-9-2-6-15-25(20)32-26)29-28-17-21-10-3-5-14-24(21)31-18-22-12-7-11-19-8-1-4-13-23(19)22/h1-17H,18H2,(H,29,30)/b28-17-. The number of nitrogens with zero attached hydrogens (tertiary/aromatic N) is 1. The highest BCUT2D eigenvalue weighted by atomic mass is 16.5. The molecule has 0 bridgehead atoms. The van der Waals surface area contributed by atoms with E-state index in [0.29, 0.717) is 17.9 Å². The Balaban J connectivity index is 1.29. The fraction of sp³-hybridized carbons (Fsp3) is 0.0370. The van der Waals surface area contributed by atoms with Crippen molar-refractivity contribution in [3.8, 4) is 5.75 Å². The van der Waals surface area contributed by atoms with E-state index in [9.17, 15) is 4.79 Å². The Bertz CT molecular complexity index is 1400. The van der Waals surface area contributed by atoms with Gasteiger partial charge in [0.05, 0.1) is 6.21 Å². The maximum atomic E-state index is 12.4. The summed E-state index contributed by atoms with van der Waals surface area (Å²) in [6, 6.07) is 31.1. The molecule has 1 N–H and O–H groups in total. The number of furan rings is 1. The van der Waals surface area contributed by atoms with E-state index in [0.717, 1.165) is 16.5 Å². The molecule has 1 heterocycles. The number of carbonyl (C=O) groups excluding carboxylic acids is 1. The molecular formula is C27H20N2O3. The fourth-order valence-corrected chi connectivity index (χ4v) is 3.60. The van der Waals surface area contributed by atoms with Gasteiger partial charge < -0.3 is 9.15 Å². The number of hydrazone groups is 1. The lowest BCUT2D eigenvalue weighted by Gasteiger charge is -2.11. The van der Waals surface area contributed by atoms with Gasteiger partial charge in [0.25, 0.3) is 0 Å². The number of hydrogen-bond donors (Lipinski definition) is 1. The summed E-state index contributed by atoms with van der Waals surface area (Å²) in [6.07, 6.45) is 1.57. The van der Waals surface area contributed by atoms with E-state index in [1.807, 2.05) is 66.7 Å². The monoisotopic (exact) mass is 420 g/mol. The lowest BCUT2D eigenvalue weighted by molar-refractivity contribution is 0.0929. The molecule has 0 aliphatic carbocycles. The zero-order valence-electron chi connectivity index (χ0n) is 17.2. The first kappa shape index (κ1) is 19.6. The Hall–Kier alpha value is -4.38. The van der Waals surface area contributed by atoms with Gasteiger partial charge in [-0.1, -0.05) is 72.8 Å². The number of ether oxygens (including phenoxy) is 1. The SMILES string of the molecule is O=C(N/N=C\c1ccccc1OCc1cccc2ccccc12)c1cc2ccccc2o1. The predicted molar refractivity (Wildman–Crippen MR) is 126 cm³/mol. The Morgan fingerprint density at radius 1 is 0.875 bits per heavy atom. The molecule has 156 valence electrons. The molecule has 0 aliphatic heterocycles. The second-order valence-electron chi connectivity index (χ2n) is 7.31. The molecule has 0 spiro atoms. The van der Waals surface area contributed by atoms with Gasteiger partial charge >= 0.3 is 5.91 Å². The van der Waals surface area contributed by atoms with Crippen molar-refractivity contribution in [2.45, 2.75) is 6.61 Å². The molecule has 1 amide bonds. The molecule has 0 fully saturated rings. The minimum Gasteiger partial charge on any atom is -0.488 e. The van der Waals surface area contributed by atoms with E-state index in [1.54, 1.807) is 12.3 Å². The molecule has 5 rings (SSSR count). The fourth-order valence-electron chi connectivity index (χ4n) is 3.60. The number of benzene rings is 4. The van der Waals surface area contributed by atoms with Crippen molar-refractivity contribution < 1.29 is 13.9 Å². The largest absolute Gasteiger partial charge is 0.488 e. The zero-order chi connectivity index (χ0) is 21.8. The highest BCUT2D eigenvalue weighted by Crippen LogP contribution is 2.22. The highest BCUT2D eigenvalue weighted by molar-refractivity contribution is 5.96. The van der Waals surface area contributed by atoms with Gasteiger partial charge in [0.2, 0.25) is 0 Å². The summed E-state index contributed by atoms with van der Waals surface area (Å²) in [6.45, 7) is 0.428. The summed E-state index contributed by atoms with van der Waals surface area (Å²) >= 11 is 0. The molecule has 0 saturated heterocycles. The van der Waals surface area contributed by atoms with Crippen LogP contribution >= 0.6 is 0 Å². The number of fused-ring (bicyclic) bond motifs is 2. The van der Waals surface area contributed by atoms with Crippen molar-refractivity contribution in [3.05, 3.63) is 114 Å². The lowest BCUT2D eigenvalue weighted by Crippen LogP contribution is -2.16. The maximum Gasteiger partial charge on any atom is 0.307 e. The molecule has 5 nitrogen and oxygen atoms in total. The molecule has 0 saturated carbocycles. The number of hydrogen-bond acceptors (Lipinski definition) is 4. The summed E-state index contributed by atoms with van der Waals surface area (Å²) in [4.78, 5) is 12.4. The van der Waals surface area contributed by atoms with Gasteiger partial charge in [0.15, 0.2) is 5.76 Å². The average Bonchev–Trinajstić information content (AvgIpc) is 3.28. The van der Waals surface area contributed by atoms with Gasteiger partial charge in [-0.15, -0.1) is 0 Å². The number of nitrogens with one attached hydrogen (secondary N) is 1. The van der Waals surface area contributed by atoms with Crippen molar-refractivity contribution in [1.82, 2.24) is 5.43 Å². The molecule has 5 heteroatoms. The summed E-state index contributed by atoms with van der Waals surface area (Å²) < 4.78 is 11.7. The summed E-state index contributed by atoms with van der Waals surface area (Å²) in [5.74, 6) is 0.484. The Morgan fingerprint density at radius 3 is 2.53 bits per heavy atom. The van der Waals surface area contributed by atoms with E-state index in [2.05, 4.69) is 34.8 Å². The Labute approximate surface area is 184 Å². The van der Waals surface area contributed by atoms with Crippen molar-refractivity contribution in [2.75, 3.05) is 0 Å². The first-order chi connectivity index (χ1) is 15.8. The number of para-hydroxylation sites is 2. The summed E-state index contributed by atoms with van der Waals surface area (Å²) in [7, 11) is 0. The van der Waals surface area contributed by atoms with Crippen molar-refractivity contribution in [2.24, 2.45) is 5.10 Å². The van der Waals surface area contributed by atoms with Crippen molar-refractivity contribution in [1.29, 1.82) is 0 Å². The molecular weight excluding hydrogens is 400 g/mol. The van der Waals surface area contributed by atoms with Crippen LogP contribution in [0.4, 0.5) is 0 Å². The third kappa shape index (κ3) is 4.09. The van der Waals surface area contributed by atoms with Crippen LogP contribution in [-0.2, 0) is 6.61 Å². The van der Waals surface area contributed by atoms with E-state index < -0.39 is 5.91 Å². The second-order valence-corrected chi connectivity index (χ2v) is 7.31. The quantitative estimate of drug-likeness (QED) is 0.274. The molecule has 1 aromatic heterocycles. The zero-order valence-corrected chi connectivity index (χ0v) is 17.2. The minimum atomic E-state index is -0.411. The maximum absolute atomic E-state index is 12.4. The third-order valence-corrected chi connectivity index (χ3v) is 5.20. The topological polar surface area (TPSA) is 63.8 Å². The molecule has 4 aromatic carbocycles. The summed E-state index contributed by atoms with van der Waals surface area (Å²) in [5.41, 5.74) is 5.04. The van der Waals surface area contributed by atoms with E-state index in [1.165, 1.54) is 10.8 Å². The first-order valence-electron chi connectivity index (χ1n) is 10.3. The van der Waals surface area contributed by atoms with Gasteiger partial charge in [-0.05, 0) is 40.6 Å². The van der Waals surface area contributed by atoms with Crippen LogP contribution in [0.25, 0.3) is 21.7 Å². The van der Waals surface area contributed by atoms with E-state index in [4.69, 9.17) is 9.15 Å². The molecule has 5 aromatic rings. The van der Waals surface area contributed by atoms with Crippen LogP contribution in [0.15, 0.2) is 107 Å². The third-order valence-electron chi connectivity index (χ3n) is 5.20. The Kier molecular flexibility index (Phi) is 5.37. The average molecular weight is 420 g/mol. The molecule has 0 atom stereocenters. The first-order valence-corrected chi connectivity index (χ1v) is 10.3. The van der Waals surface area contributed by atoms with Crippen LogP contribution < -0.4 is 10.2 Å². The van der Waals surface area contributed by atoms with Gasteiger partial charge in [0, 0.05) is 10.9 Å². The minimum absolute atomic E-state index is 0.212. The smallest absolute Gasteiger partial charge is 0.307 e. The van der Waals surface area contributed by atoms with Gasteiger partial charge in [-0.3, -0.25) is 4.79 Å². The normalized spacial score (nSPS) is 11.2. The van der Waals surface area contributed by atoms with Crippen LogP contribution in [0.2, 0.25) is 0 Å². The van der Waals surface area contributed by atoms with Crippen LogP contribution in [-0.4, -0.2) is 12.1 Å². The highest BCUT2D eigenvalue weighted by Gasteiger charge is 2.11. The van der Waals surface area contributed by atoms with Crippen LogP contribution in [0.1, 0.15) is 21.7 Å². The van der Waals surface area contributed by atoms with Gasteiger partial charge in [0.1, 0.15) is 17.9 Å². The second kappa shape index (κ2) is 8.78. The number of carbonyl (C=O) groups is 1. The van der Waals surface area contributed by atoms with Gasteiger partial charge in [-0.2, -0.15) is 5.10 Å². The van der Waals surface area contributed by atoms with E-state index >= 15 is 0 Å². The van der Waals surface area contributed by atoms with Crippen molar-refractivity contribution >= 4 is 33.9 Å². The van der Waals surface area contributed by atoms with E-state index in [-0.39, 0.29) is 5.76 Å². The van der Waals surface area contributed by atoms with Gasteiger partial charge in [-0.25, -0.2) is 5.43 Å². The number of rotatable bonds is 6. The molecule has 0 radical (unpaired) electrons. The molecule has 32 heavy (non-hydrogen) atoms. The Morgan fingerprint density at radius 2 is 1.62 bits per heavy atom. The molecule has 0 unspecified atom stereocenters. The van der Waals surface area contributed by atoms with Crippen LogP contribution in [0.5, 0.6) is 5.75 Å². The van der Waals surface area contributed by atoms with Crippen LogP contribution in [0.3, 0.4) is 0 Å². The van der Waals surface area contributed by atoms with Crippen LogP contribution in [0, 0.1) is 0 Å². The van der Waals surface area contributed by atoms with Crippen molar-refractivity contribution in [3.63, 3.8) is 0 Å². The number of amides is 1. The molecule has 0 aliphatic rings. The lowest BCUT2D eigenvalue weighted by atomic mass is 10.1. The summed E-state index contributed by atoms with van der Waals surface area (Å²) in [5, 5.41) is 7.30.